The van der Waals surface area contributed by atoms with Gasteiger partial charge in [-0.15, -0.1) is 11.8 Å². The maximum absolute atomic E-state index is 12.4. The molecule has 1 aromatic heterocycles. The van der Waals surface area contributed by atoms with Gasteiger partial charge in [-0.1, -0.05) is 12.1 Å². The van der Waals surface area contributed by atoms with Crippen molar-refractivity contribution in [2.45, 2.75) is 32.4 Å². The van der Waals surface area contributed by atoms with E-state index in [0.717, 1.165) is 50.1 Å². The minimum Gasteiger partial charge on any atom is -0.339 e. The monoisotopic (exact) mass is 325 g/mol. The largest absolute Gasteiger partial charge is 0.339 e. The highest BCUT2D eigenvalue weighted by Gasteiger charge is 2.31. The average Bonchev–Trinajstić information content (AvgIpc) is 3.25. The van der Waals surface area contributed by atoms with Gasteiger partial charge in [-0.05, 0) is 6.92 Å². The van der Waals surface area contributed by atoms with Crippen LogP contribution in [0.15, 0.2) is 4.52 Å². The number of hydrogen-bond donors (Lipinski definition) is 1. The van der Waals surface area contributed by atoms with E-state index in [-0.39, 0.29) is 18.0 Å². The average molecular weight is 325 g/mol. The van der Waals surface area contributed by atoms with Crippen LogP contribution in [0.3, 0.4) is 0 Å². The van der Waals surface area contributed by atoms with Crippen LogP contribution in [0.4, 0.5) is 0 Å². The first-order valence-corrected chi connectivity index (χ1v) is 9.01. The van der Waals surface area contributed by atoms with Crippen LogP contribution in [0.1, 0.15) is 31.6 Å². The number of amides is 1. The zero-order valence-electron chi connectivity index (χ0n) is 13.1. The molecule has 0 bridgehead atoms. The Kier molecular flexibility index (Phi) is 5.00. The number of piperazine rings is 1. The Morgan fingerprint density at radius 1 is 1.45 bits per heavy atom. The summed E-state index contributed by atoms with van der Waals surface area (Å²) in [5.41, 5.74) is 0. The van der Waals surface area contributed by atoms with Gasteiger partial charge < -0.3 is 9.42 Å². The summed E-state index contributed by atoms with van der Waals surface area (Å²) in [7, 11) is 0. The number of thioether (sulfide) groups is 1. The Balaban J connectivity index is 1.53. The highest BCUT2D eigenvalue weighted by Crippen LogP contribution is 2.21. The van der Waals surface area contributed by atoms with Gasteiger partial charge in [-0.2, -0.15) is 4.98 Å². The van der Waals surface area contributed by atoms with Gasteiger partial charge in [0.1, 0.15) is 0 Å². The molecule has 22 heavy (non-hydrogen) atoms. The van der Waals surface area contributed by atoms with Crippen LogP contribution in [-0.2, 0) is 11.2 Å². The van der Waals surface area contributed by atoms with Gasteiger partial charge in [0.2, 0.25) is 11.8 Å². The van der Waals surface area contributed by atoms with Crippen molar-refractivity contribution in [3.8, 4) is 0 Å². The Morgan fingerprint density at radius 2 is 2.23 bits per heavy atom. The molecule has 2 unspecified atom stereocenters. The van der Waals surface area contributed by atoms with E-state index in [1.54, 1.807) is 11.8 Å². The Morgan fingerprint density at radius 3 is 2.82 bits per heavy atom. The number of carbonyl (C=O) groups is 1. The van der Waals surface area contributed by atoms with Crippen molar-refractivity contribution >= 4 is 17.7 Å². The number of nitrogens with zero attached hydrogens (tertiary/aromatic N) is 4. The fourth-order valence-electron chi connectivity index (χ4n) is 2.84. The smallest absolute Gasteiger partial charge is 0.243 e. The zero-order valence-corrected chi connectivity index (χ0v) is 13.9. The maximum Gasteiger partial charge on any atom is 0.243 e. The fraction of sp³-hybridized carbons (Fsp3) is 0.786. The van der Waals surface area contributed by atoms with E-state index in [1.165, 1.54) is 0 Å². The summed E-state index contributed by atoms with van der Waals surface area (Å²) in [5.74, 6) is 3.43. The first kappa shape index (κ1) is 15.8. The first-order valence-electron chi connectivity index (χ1n) is 7.85. The number of aromatic nitrogens is 2. The van der Waals surface area contributed by atoms with Crippen LogP contribution in [-0.4, -0.2) is 69.7 Å². The second-order valence-electron chi connectivity index (χ2n) is 5.71. The lowest BCUT2D eigenvalue weighted by atomic mass is 10.2. The standard InChI is InChI=1S/C14H23N5O2S/c1-3-12-16-13(21-17-12)10(2)18-4-6-19(7-5-18)14(20)11-8-22-9-15-11/h10-11,15H,3-9H2,1-2H3. The molecule has 1 N–H and O–H groups in total. The van der Waals surface area contributed by atoms with E-state index in [1.807, 2.05) is 11.8 Å². The Labute approximate surface area is 134 Å². The molecule has 1 aromatic rings. The Hall–Kier alpha value is -1.12. The van der Waals surface area contributed by atoms with Gasteiger partial charge >= 0.3 is 0 Å². The molecule has 3 rings (SSSR count). The quantitative estimate of drug-likeness (QED) is 0.864. The van der Waals surface area contributed by atoms with Crippen LogP contribution >= 0.6 is 11.8 Å². The van der Waals surface area contributed by atoms with Crippen molar-refractivity contribution in [1.29, 1.82) is 0 Å². The molecule has 0 aliphatic carbocycles. The molecule has 0 spiro atoms. The number of nitrogens with one attached hydrogen (secondary N) is 1. The predicted octanol–water partition coefficient (Wildman–Crippen LogP) is 0.500. The van der Waals surface area contributed by atoms with Crippen molar-refractivity contribution in [2.24, 2.45) is 0 Å². The lowest BCUT2D eigenvalue weighted by Crippen LogP contribution is -2.53. The molecule has 2 saturated heterocycles. The molecule has 122 valence electrons. The molecule has 0 aromatic carbocycles. The summed E-state index contributed by atoms with van der Waals surface area (Å²) >= 11 is 1.79. The highest BCUT2D eigenvalue weighted by atomic mass is 32.2. The predicted molar refractivity (Wildman–Crippen MR) is 84.5 cm³/mol. The molecular weight excluding hydrogens is 302 g/mol. The van der Waals surface area contributed by atoms with Crippen LogP contribution in [0.2, 0.25) is 0 Å². The van der Waals surface area contributed by atoms with Crippen molar-refractivity contribution in [3.63, 3.8) is 0 Å². The third-order valence-corrected chi connectivity index (χ3v) is 5.29. The molecule has 0 saturated carbocycles. The molecule has 2 fully saturated rings. The number of aryl methyl sites for hydroxylation is 1. The highest BCUT2D eigenvalue weighted by molar-refractivity contribution is 7.99. The zero-order chi connectivity index (χ0) is 15.5. The van der Waals surface area contributed by atoms with Gasteiger partial charge in [-0.25, -0.2) is 0 Å². The summed E-state index contributed by atoms with van der Waals surface area (Å²) in [6.45, 7) is 7.31. The summed E-state index contributed by atoms with van der Waals surface area (Å²) in [6.07, 6.45) is 0.783. The van der Waals surface area contributed by atoms with Crippen LogP contribution < -0.4 is 5.32 Å². The molecule has 8 heteroatoms. The minimum absolute atomic E-state index is 0.00275. The van der Waals surface area contributed by atoms with Crippen molar-refractivity contribution < 1.29 is 9.32 Å². The van der Waals surface area contributed by atoms with E-state index in [4.69, 9.17) is 4.52 Å². The summed E-state index contributed by atoms with van der Waals surface area (Å²) in [4.78, 5) is 21.1. The van der Waals surface area contributed by atoms with Crippen molar-refractivity contribution in [1.82, 2.24) is 25.3 Å². The molecular formula is C14H23N5O2S. The summed E-state index contributed by atoms with van der Waals surface area (Å²) in [6, 6.07) is 0.0993. The topological polar surface area (TPSA) is 74.5 Å². The minimum atomic E-state index is -0.00275. The van der Waals surface area contributed by atoms with Crippen LogP contribution in [0, 0.1) is 0 Å². The molecule has 0 radical (unpaired) electrons. The molecule has 3 heterocycles. The van der Waals surface area contributed by atoms with Gasteiger partial charge in [-0.3, -0.25) is 15.0 Å². The van der Waals surface area contributed by atoms with Crippen molar-refractivity contribution in [3.05, 3.63) is 11.7 Å². The van der Waals surface area contributed by atoms with Crippen molar-refractivity contribution in [2.75, 3.05) is 37.8 Å². The lowest BCUT2D eigenvalue weighted by Gasteiger charge is -2.37. The van der Waals surface area contributed by atoms with Gasteiger partial charge in [0.15, 0.2) is 5.82 Å². The van der Waals surface area contributed by atoms with E-state index < -0.39 is 0 Å². The second-order valence-corrected chi connectivity index (χ2v) is 6.74. The summed E-state index contributed by atoms with van der Waals surface area (Å²) in [5, 5.41) is 7.21. The lowest BCUT2D eigenvalue weighted by molar-refractivity contribution is -0.134. The fourth-order valence-corrected chi connectivity index (χ4v) is 3.77. The Bertz CT molecular complexity index is 509. The number of carbonyl (C=O) groups excluding carboxylic acids is 1. The van der Waals surface area contributed by atoms with E-state index in [0.29, 0.717) is 5.89 Å². The number of rotatable bonds is 4. The van der Waals surface area contributed by atoms with Gasteiger partial charge in [0.05, 0.1) is 12.1 Å². The van der Waals surface area contributed by atoms with Crippen LogP contribution in [0.25, 0.3) is 0 Å². The van der Waals surface area contributed by atoms with Crippen LogP contribution in [0.5, 0.6) is 0 Å². The molecule has 1 amide bonds. The number of hydrogen-bond acceptors (Lipinski definition) is 7. The maximum atomic E-state index is 12.4. The third kappa shape index (κ3) is 3.28. The van der Waals surface area contributed by atoms with E-state index in [2.05, 4.69) is 27.3 Å². The second kappa shape index (κ2) is 6.97. The molecule has 7 nitrogen and oxygen atoms in total. The van der Waals surface area contributed by atoms with E-state index in [9.17, 15) is 4.79 Å². The third-order valence-electron chi connectivity index (χ3n) is 4.35. The molecule has 2 aliphatic heterocycles. The normalized spacial score (nSPS) is 24.6. The molecule has 2 atom stereocenters. The summed E-state index contributed by atoms with van der Waals surface area (Å²) < 4.78 is 5.33. The SMILES string of the molecule is CCc1noc(C(C)N2CCN(C(=O)C3CSCN3)CC2)n1. The van der Waals surface area contributed by atoms with Gasteiger partial charge in [0, 0.05) is 44.2 Å². The van der Waals surface area contributed by atoms with E-state index >= 15 is 0 Å². The van der Waals surface area contributed by atoms with Gasteiger partial charge in [0.25, 0.3) is 0 Å². The first-order chi connectivity index (χ1) is 10.7. The molecule has 2 aliphatic rings.